The van der Waals surface area contributed by atoms with Crippen LogP contribution < -0.4 is 4.74 Å². The molecular weight excluding hydrogens is 377 g/mol. The number of methoxy groups -OCH3 is 2. The minimum Gasteiger partial charge on any atom is -0.507 e. The number of carbonyl (C=O) groups is 2. The fourth-order valence-corrected chi connectivity index (χ4v) is 3.41. The van der Waals surface area contributed by atoms with Crippen LogP contribution >= 0.6 is 0 Å². The van der Waals surface area contributed by atoms with Crippen molar-refractivity contribution in [2.24, 2.45) is 0 Å². The number of Topliss-reactive ketones (excluding diaryl/α,β-unsaturated/α-hetero) is 1. The Balaban J connectivity index is 2.12. The molecule has 152 valence electrons. The molecule has 1 aliphatic rings. The molecule has 3 rings (SSSR count). The summed E-state index contributed by atoms with van der Waals surface area (Å²) >= 11 is 0. The first kappa shape index (κ1) is 20.5. The second-order valence-electron chi connectivity index (χ2n) is 6.59. The van der Waals surface area contributed by atoms with Crippen LogP contribution in [0.5, 0.6) is 5.75 Å². The number of hydrogen-bond donors (Lipinski definition) is 1. The van der Waals surface area contributed by atoms with E-state index in [4.69, 9.17) is 9.47 Å². The van der Waals surface area contributed by atoms with E-state index in [1.165, 1.54) is 37.3 Å². The molecule has 0 radical (unpaired) electrons. The largest absolute Gasteiger partial charge is 0.507 e. The van der Waals surface area contributed by atoms with Crippen molar-refractivity contribution in [1.29, 1.82) is 0 Å². The van der Waals surface area contributed by atoms with Crippen molar-refractivity contribution in [3.63, 3.8) is 0 Å². The summed E-state index contributed by atoms with van der Waals surface area (Å²) in [7, 11) is 3.05. The van der Waals surface area contributed by atoms with Crippen molar-refractivity contribution < 1.29 is 28.6 Å². The molecule has 1 atom stereocenters. The Hall–Kier alpha value is -3.19. The molecule has 6 nitrogen and oxygen atoms in total. The SMILES string of the molecule is COCCCN1C(=O)C(=O)/C(=C(/O)c2ccc(OC)cc2)[C@H]1c1ccccc1F. The molecular formula is C22H22FNO5. The maximum absolute atomic E-state index is 14.6. The van der Waals surface area contributed by atoms with E-state index in [0.29, 0.717) is 24.3 Å². The molecule has 2 aromatic carbocycles. The third-order valence-corrected chi connectivity index (χ3v) is 4.85. The van der Waals surface area contributed by atoms with Gasteiger partial charge >= 0.3 is 0 Å². The summed E-state index contributed by atoms with van der Waals surface area (Å²) in [6.07, 6.45) is 0.469. The maximum Gasteiger partial charge on any atom is 0.295 e. The second kappa shape index (κ2) is 8.87. The van der Waals surface area contributed by atoms with Crippen LogP contribution in [0.4, 0.5) is 4.39 Å². The third kappa shape index (κ3) is 4.00. The van der Waals surface area contributed by atoms with Crippen molar-refractivity contribution >= 4 is 17.4 Å². The summed E-state index contributed by atoms with van der Waals surface area (Å²) in [4.78, 5) is 26.8. The first-order chi connectivity index (χ1) is 14.0. The molecule has 1 aliphatic heterocycles. The Bertz CT molecular complexity index is 938. The highest BCUT2D eigenvalue weighted by atomic mass is 19.1. The number of likely N-dealkylation sites (tertiary alicyclic amines) is 1. The summed E-state index contributed by atoms with van der Waals surface area (Å²) in [6, 6.07) is 11.3. The van der Waals surface area contributed by atoms with Crippen LogP contribution in [0.15, 0.2) is 54.1 Å². The predicted octanol–water partition coefficient (Wildman–Crippen LogP) is 3.29. The number of aliphatic hydroxyl groups is 1. The van der Waals surface area contributed by atoms with Crippen LogP contribution in [0.25, 0.3) is 5.76 Å². The van der Waals surface area contributed by atoms with Gasteiger partial charge < -0.3 is 19.5 Å². The molecule has 0 bridgehead atoms. The highest BCUT2D eigenvalue weighted by Gasteiger charge is 2.46. The molecule has 0 aromatic heterocycles. The van der Waals surface area contributed by atoms with Crippen LogP contribution in [0.1, 0.15) is 23.6 Å². The fourth-order valence-electron chi connectivity index (χ4n) is 3.41. The maximum atomic E-state index is 14.6. The lowest BCUT2D eigenvalue weighted by Crippen LogP contribution is -2.31. The normalized spacial score (nSPS) is 18.3. The number of amides is 1. The first-order valence-electron chi connectivity index (χ1n) is 9.15. The molecule has 0 saturated carbocycles. The Labute approximate surface area is 168 Å². The number of nitrogens with zero attached hydrogens (tertiary/aromatic N) is 1. The quantitative estimate of drug-likeness (QED) is 0.335. The molecule has 1 amide bonds. The van der Waals surface area contributed by atoms with Crippen LogP contribution in [0, 0.1) is 5.82 Å². The molecule has 0 spiro atoms. The van der Waals surface area contributed by atoms with Gasteiger partial charge in [0.1, 0.15) is 17.3 Å². The predicted molar refractivity (Wildman–Crippen MR) is 105 cm³/mol. The monoisotopic (exact) mass is 399 g/mol. The number of benzene rings is 2. The average molecular weight is 399 g/mol. The topological polar surface area (TPSA) is 76.1 Å². The van der Waals surface area contributed by atoms with E-state index in [2.05, 4.69) is 0 Å². The molecule has 0 unspecified atom stereocenters. The van der Waals surface area contributed by atoms with Crippen molar-refractivity contribution in [2.75, 3.05) is 27.4 Å². The molecule has 0 aliphatic carbocycles. The minimum atomic E-state index is -1.02. The van der Waals surface area contributed by atoms with Gasteiger partial charge in [0.25, 0.3) is 11.7 Å². The summed E-state index contributed by atoms with van der Waals surface area (Å²) in [5, 5.41) is 10.9. The van der Waals surface area contributed by atoms with Gasteiger partial charge in [0.15, 0.2) is 0 Å². The number of rotatable bonds is 7. The Morgan fingerprint density at radius 3 is 2.41 bits per heavy atom. The van der Waals surface area contributed by atoms with Gasteiger partial charge in [0.05, 0.1) is 18.7 Å². The van der Waals surface area contributed by atoms with Gasteiger partial charge in [0, 0.05) is 31.4 Å². The van der Waals surface area contributed by atoms with Gasteiger partial charge in [-0.2, -0.15) is 0 Å². The number of hydrogen-bond acceptors (Lipinski definition) is 5. The molecule has 1 fully saturated rings. The van der Waals surface area contributed by atoms with Crippen molar-refractivity contribution in [1.82, 2.24) is 4.90 Å². The lowest BCUT2D eigenvalue weighted by molar-refractivity contribution is -0.140. The molecule has 7 heteroatoms. The van der Waals surface area contributed by atoms with Crippen LogP contribution in [-0.2, 0) is 14.3 Å². The molecule has 1 N–H and O–H groups in total. The van der Waals surface area contributed by atoms with Gasteiger partial charge in [-0.05, 0) is 36.8 Å². The van der Waals surface area contributed by atoms with Crippen LogP contribution in [-0.4, -0.2) is 49.1 Å². The second-order valence-corrected chi connectivity index (χ2v) is 6.59. The van der Waals surface area contributed by atoms with E-state index in [1.54, 1.807) is 30.3 Å². The van der Waals surface area contributed by atoms with E-state index in [-0.39, 0.29) is 23.4 Å². The van der Waals surface area contributed by atoms with Crippen LogP contribution in [0.2, 0.25) is 0 Å². The summed E-state index contributed by atoms with van der Waals surface area (Å²) < 4.78 is 24.7. The Kier molecular flexibility index (Phi) is 6.29. The average Bonchev–Trinajstić information content (AvgIpc) is 2.98. The van der Waals surface area contributed by atoms with Gasteiger partial charge in [-0.25, -0.2) is 4.39 Å². The lowest BCUT2D eigenvalue weighted by Gasteiger charge is -2.25. The van der Waals surface area contributed by atoms with Gasteiger partial charge in [-0.1, -0.05) is 18.2 Å². The van der Waals surface area contributed by atoms with Crippen molar-refractivity contribution in [3.8, 4) is 5.75 Å². The standard InChI is InChI=1S/C22H22FNO5/c1-28-13-5-12-24-19(16-6-3-4-7-17(16)23)18(21(26)22(24)27)20(25)14-8-10-15(29-2)11-9-14/h3-4,6-11,19,25H,5,12-13H2,1-2H3/b20-18+/t19-/m1/s1. The van der Waals surface area contributed by atoms with Gasteiger partial charge in [0.2, 0.25) is 0 Å². The zero-order valence-electron chi connectivity index (χ0n) is 16.2. The number of aliphatic hydroxyl groups excluding tert-OH is 1. The van der Waals surface area contributed by atoms with E-state index in [9.17, 15) is 19.1 Å². The first-order valence-corrected chi connectivity index (χ1v) is 9.15. The molecule has 1 saturated heterocycles. The number of ketones is 1. The zero-order valence-corrected chi connectivity index (χ0v) is 16.2. The Morgan fingerprint density at radius 1 is 1.10 bits per heavy atom. The molecule has 2 aromatic rings. The summed E-state index contributed by atoms with van der Waals surface area (Å²) in [6.45, 7) is 0.572. The van der Waals surface area contributed by atoms with Crippen molar-refractivity contribution in [2.45, 2.75) is 12.5 Å². The van der Waals surface area contributed by atoms with Gasteiger partial charge in [-0.3, -0.25) is 9.59 Å². The van der Waals surface area contributed by atoms with Crippen LogP contribution in [0.3, 0.4) is 0 Å². The molecule has 1 heterocycles. The number of ether oxygens (including phenoxy) is 2. The molecule has 29 heavy (non-hydrogen) atoms. The number of halogens is 1. The Morgan fingerprint density at radius 2 is 1.79 bits per heavy atom. The fraction of sp³-hybridized carbons (Fsp3) is 0.273. The minimum absolute atomic E-state index is 0.136. The summed E-state index contributed by atoms with van der Waals surface area (Å²) in [5.41, 5.74) is 0.351. The highest BCUT2D eigenvalue weighted by molar-refractivity contribution is 6.46. The van der Waals surface area contributed by atoms with E-state index in [0.717, 1.165) is 0 Å². The van der Waals surface area contributed by atoms with E-state index >= 15 is 0 Å². The summed E-state index contributed by atoms with van der Waals surface area (Å²) in [5.74, 6) is -1.95. The smallest absolute Gasteiger partial charge is 0.295 e. The van der Waals surface area contributed by atoms with Gasteiger partial charge in [-0.15, -0.1) is 0 Å². The zero-order chi connectivity index (χ0) is 21.0. The number of carbonyl (C=O) groups excluding carboxylic acids is 2. The lowest BCUT2D eigenvalue weighted by atomic mass is 9.95. The third-order valence-electron chi connectivity index (χ3n) is 4.85. The van der Waals surface area contributed by atoms with Crippen molar-refractivity contribution in [3.05, 3.63) is 71.0 Å². The van der Waals surface area contributed by atoms with E-state index < -0.39 is 23.5 Å². The van der Waals surface area contributed by atoms with E-state index in [1.807, 2.05) is 0 Å². The highest BCUT2D eigenvalue weighted by Crippen LogP contribution is 2.40.